The monoisotopic (exact) mass is 338 g/mol. The summed E-state index contributed by atoms with van der Waals surface area (Å²) >= 11 is 0. The third-order valence-electron chi connectivity index (χ3n) is 6.64. The van der Waals surface area contributed by atoms with Gasteiger partial charge in [0.25, 0.3) is 0 Å². The van der Waals surface area contributed by atoms with Gasteiger partial charge in [-0.25, -0.2) is 4.79 Å². The largest absolute Gasteiger partial charge is 0.454 e. The quantitative estimate of drug-likeness (QED) is 0.866. The minimum Gasteiger partial charge on any atom is -0.454 e. The van der Waals surface area contributed by atoms with Crippen molar-refractivity contribution >= 4 is 22.7 Å². The highest BCUT2D eigenvalue weighted by atomic mass is 16.5. The number of benzene rings is 1. The van der Waals surface area contributed by atoms with Gasteiger partial charge >= 0.3 is 5.97 Å². The number of carbonyl (C=O) groups excluding carboxylic acids is 2. The first-order valence-electron chi connectivity index (χ1n) is 9.25. The molecule has 5 heteroatoms. The molecule has 1 heterocycles. The van der Waals surface area contributed by atoms with Crippen molar-refractivity contribution in [3.8, 4) is 0 Å². The van der Waals surface area contributed by atoms with Gasteiger partial charge in [-0.1, -0.05) is 0 Å². The lowest BCUT2D eigenvalue weighted by atomic mass is 9.48. The molecule has 1 aromatic carbocycles. The smallest absolute Gasteiger partial charge is 0.338 e. The van der Waals surface area contributed by atoms with Gasteiger partial charge in [0.2, 0.25) is 0 Å². The summed E-state index contributed by atoms with van der Waals surface area (Å²) in [6, 6.07) is 5.26. The summed E-state index contributed by atoms with van der Waals surface area (Å²) in [7, 11) is 0. The van der Waals surface area contributed by atoms with Crippen LogP contribution in [0.4, 0.5) is 0 Å². The van der Waals surface area contributed by atoms with E-state index in [1.54, 1.807) is 24.4 Å². The summed E-state index contributed by atoms with van der Waals surface area (Å²) < 4.78 is 5.39. The first kappa shape index (κ1) is 15.1. The minimum absolute atomic E-state index is 0.0889. The minimum atomic E-state index is -0.429. The highest BCUT2D eigenvalue weighted by Gasteiger charge is 2.54. The van der Waals surface area contributed by atoms with Crippen molar-refractivity contribution in [3.05, 3.63) is 30.0 Å². The van der Waals surface area contributed by atoms with E-state index >= 15 is 0 Å². The zero-order valence-electron chi connectivity index (χ0n) is 14.2. The van der Waals surface area contributed by atoms with Crippen molar-refractivity contribution in [1.29, 1.82) is 0 Å². The molecule has 1 N–H and O–H groups in total. The highest BCUT2D eigenvalue weighted by Crippen LogP contribution is 2.60. The van der Waals surface area contributed by atoms with Gasteiger partial charge in [-0.2, -0.15) is 5.10 Å². The summed E-state index contributed by atoms with van der Waals surface area (Å²) in [5.41, 5.74) is 1.14. The number of rotatable bonds is 4. The number of carbonyl (C=O) groups is 2. The number of fused-ring (bicyclic) bond motifs is 1. The van der Waals surface area contributed by atoms with Crippen LogP contribution in [0.1, 0.15) is 48.9 Å². The first-order valence-corrected chi connectivity index (χ1v) is 9.25. The molecule has 4 saturated carbocycles. The number of hydrogen-bond donors (Lipinski definition) is 1. The Labute approximate surface area is 146 Å². The number of nitrogens with one attached hydrogen (secondary N) is 1. The van der Waals surface area contributed by atoms with Crippen LogP contribution in [0.25, 0.3) is 10.9 Å². The molecular weight excluding hydrogens is 316 g/mol. The van der Waals surface area contributed by atoms with Gasteiger partial charge in [-0.15, -0.1) is 0 Å². The van der Waals surface area contributed by atoms with E-state index in [0.29, 0.717) is 5.56 Å². The molecule has 1 aromatic heterocycles. The van der Waals surface area contributed by atoms with Crippen LogP contribution in [0.3, 0.4) is 0 Å². The number of hydrogen-bond acceptors (Lipinski definition) is 4. The van der Waals surface area contributed by atoms with E-state index in [2.05, 4.69) is 10.2 Å². The van der Waals surface area contributed by atoms with Crippen molar-refractivity contribution in [1.82, 2.24) is 10.2 Å². The predicted molar refractivity (Wildman–Crippen MR) is 92.0 cm³/mol. The van der Waals surface area contributed by atoms with Gasteiger partial charge in [-0.3, -0.25) is 9.89 Å². The summed E-state index contributed by atoms with van der Waals surface area (Å²) in [5.74, 6) is 1.86. The molecule has 0 atom stereocenters. The van der Waals surface area contributed by atoms with Gasteiger partial charge in [0.05, 0.1) is 17.3 Å². The molecule has 0 aliphatic heterocycles. The molecule has 0 radical (unpaired) electrons. The topological polar surface area (TPSA) is 72.1 Å². The second-order valence-corrected chi connectivity index (χ2v) is 8.37. The summed E-state index contributed by atoms with van der Waals surface area (Å²) in [6.07, 6.45) is 8.61. The lowest BCUT2D eigenvalue weighted by Crippen LogP contribution is -2.51. The van der Waals surface area contributed by atoms with E-state index in [-0.39, 0.29) is 17.8 Å². The van der Waals surface area contributed by atoms with Crippen LogP contribution in [0, 0.1) is 23.2 Å². The Morgan fingerprint density at radius 2 is 1.80 bits per heavy atom. The van der Waals surface area contributed by atoms with Crippen LogP contribution in [-0.4, -0.2) is 28.6 Å². The Bertz CT molecular complexity index is 818. The number of Topliss-reactive ketones (excluding diaryl/α,β-unsaturated/α-hetero) is 1. The first-order chi connectivity index (χ1) is 12.1. The average Bonchev–Trinajstić information content (AvgIpc) is 3.05. The number of aromatic nitrogens is 2. The van der Waals surface area contributed by atoms with E-state index in [1.165, 1.54) is 19.3 Å². The Hall–Kier alpha value is -2.17. The van der Waals surface area contributed by atoms with Crippen LogP contribution < -0.4 is 0 Å². The molecule has 4 aliphatic carbocycles. The second-order valence-electron chi connectivity index (χ2n) is 8.37. The van der Waals surface area contributed by atoms with Gasteiger partial charge in [0, 0.05) is 10.8 Å². The zero-order chi connectivity index (χ0) is 17.0. The third-order valence-corrected chi connectivity index (χ3v) is 6.64. The lowest BCUT2D eigenvalue weighted by Gasteiger charge is -2.55. The number of ketones is 1. The van der Waals surface area contributed by atoms with Crippen LogP contribution in [-0.2, 0) is 9.53 Å². The maximum Gasteiger partial charge on any atom is 0.338 e. The van der Waals surface area contributed by atoms with Crippen LogP contribution in [0.5, 0.6) is 0 Å². The number of H-pyrrole nitrogens is 1. The van der Waals surface area contributed by atoms with E-state index < -0.39 is 5.97 Å². The Balaban J connectivity index is 1.27. The van der Waals surface area contributed by atoms with Gasteiger partial charge in [0.1, 0.15) is 0 Å². The summed E-state index contributed by atoms with van der Waals surface area (Å²) in [4.78, 5) is 25.2. The summed E-state index contributed by atoms with van der Waals surface area (Å²) in [6.45, 7) is -0.0889. The fourth-order valence-electron chi connectivity index (χ4n) is 5.89. The number of esters is 1. The molecular formula is C20H22N2O3. The van der Waals surface area contributed by atoms with Crippen molar-refractivity contribution in [2.75, 3.05) is 6.61 Å². The Morgan fingerprint density at radius 1 is 1.12 bits per heavy atom. The number of nitrogens with zero attached hydrogens (tertiary/aromatic N) is 1. The van der Waals surface area contributed by atoms with E-state index in [9.17, 15) is 9.59 Å². The maximum absolute atomic E-state index is 12.9. The van der Waals surface area contributed by atoms with E-state index in [1.807, 2.05) is 0 Å². The van der Waals surface area contributed by atoms with Gasteiger partial charge in [0.15, 0.2) is 12.4 Å². The maximum atomic E-state index is 12.9. The molecule has 0 spiro atoms. The van der Waals surface area contributed by atoms with Crippen molar-refractivity contribution in [3.63, 3.8) is 0 Å². The predicted octanol–water partition coefficient (Wildman–Crippen LogP) is 3.51. The van der Waals surface area contributed by atoms with Gasteiger partial charge < -0.3 is 4.74 Å². The Morgan fingerprint density at radius 3 is 2.48 bits per heavy atom. The fourth-order valence-corrected chi connectivity index (χ4v) is 5.89. The molecule has 5 nitrogen and oxygen atoms in total. The van der Waals surface area contributed by atoms with Crippen molar-refractivity contribution in [2.24, 2.45) is 23.2 Å². The molecule has 0 saturated heterocycles. The average molecular weight is 338 g/mol. The molecule has 25 heavy (non-hydrogen) atoms. The molecule has 4 bridgehead atoms. The summed E-state index contributed by atoms with van der Waals surface area (Å²) in [5, 5.41) is 7.67. The van der Waals surface area contributed by atoms with E-state index in [4.69, 9.17) is 4.74 Å². The molecule has 0 unspecified atom stereocenters. The Kier molecular flexibility index (Phi) is 3.27. The standard InChI is InChI=1S/C20H22N2O3/c23-18(20-7-12-3-13(8-20)5-14(4-12)9-20)11-25-19(24)15-1-2-17-16(6-15)10-21-22-17/h1-2,6,10,12-14H,3-5,7-9,11H2,(H,21,22). The second kappa shape index (κ2) is 5.41. The third kappa shape index (κ3) is 2.48. The number of aromatic amines is 1. The zero-order valence-corrected chi connectivity index (χ0v) is 14.2. The van der Waals surface area contributed by atoms with Crippen LogP contribution in [0.15, 0.2) is 24.4 Å². The molecule has 6 rings (SSSR count). The van der Waals surface area contributed by atoms with E-state index in [0.717, 1.165) is 47.9 Å². The number of ether oxygens (including phenoxy) is 1. The van der Waals surface area contributed by atoms with Crippen molar-refractivity contribution in [2.45, 2.75) is 38.5 Å². The van der Waals surface area contributed by atoms with Crippen molar-refractivity contribution < 1.29 is 14.3 Å². The highest BCUT2D eigenvalue weighted by molar-refractivity contribution is 5.96. The SMILES string of the molecule is O=C(OCC(=O)C12CC3CC(CC(C3)C1)C2)c1ccc2[nH]ncc2c1. The molecule has 130 valence electrons. The fraction of sp³-hybridized carbons (Fsp3) is 0.550. The normalized spacial score (nSPS) is 32.9. The van der Waals surface area contributed by atoms with Crippen LogP contribution >= 0.6 is 0 Å². The van der Waals surface area contributed by atoms with Crippen LogP contribution in [0.2, 0.25) is 0 Å². The molecule has 2 aromatic rings. The lowest BCUT2D eigenvalue weighted by molar-refractivity contribution is -0.147. The molecule has 4 fully saturated rings. The molecule has 4 aliphatic rings. The van der Waals surface area contributed by atoms with Gasteiger partial charge in [-0.05, 0) is 74.5 Å². The molecule has 0 amide bonds.